The van der Waals surface area contributed by atoms with Gasteiger partial charge in [0.05, 0.1) is 0 Å². The van der Waals surface area contributed by atoms with Crippen LogP contribution < -0.4 is 10.0 Å². The molecular weight excluding hydrogens is 324 g/mol. The highest BCUT2D eigenvalue weighted by atomic mass is 32.2. The fraction of sp³-hybridized carbons (Fsp3) is 0.235. The Morgan fingerprint density at radius 2 is 2.04 bits per heavy atom. The van der Waals surface area contributed by atoms with Gasteiger partial charge in [-0.1, -0.05) is 12.1 Å². The summed E-state index contributed by atoms with van der Waals surface area (Å²) in [7, 11) is -2.06. The Morgan fingerprint density at radius 1 is 1.21 bits per heavy atom. The van der Waals surface area contributed by atoms with Crippen LogP contribution in [-0.4, -0.2) is 32.0 Å². The van der Waals surface area contributed by atoms with E-state index in [0.29, 0.717) is 12.4 Å². The Hall–Kier alpha value is -2.38. The van der Waals surface area contributed by atoms with Gasteiger partial charge in [0.1, 0.15) is 10.7 Å². The molecular formula is C17H20N4O2S. The highest BCUT2D eigenvalue weighted by Crippen LogP contribution is 2.20. The Kier molecular flexibility index (Phi) is 4.55. The topological polar surface area (TPSA) is 86.9 Å². The summed E-state index contributed by atoms with van der Waals surface area (Å²) in [6.07, 6.45) is 4.23. The highest BCUT2D eigenvalue weighted by Gasteiger charge is 2.11. The number of aromatic amines is 1. The first-order valence-corrected chi connectivity index (χ1v) is 9.18. The predicted molar refractivity (Wildman–Crippen MR) is 95.7 cm³/mol. The van der Waals surface area contributed by atoms with Crippen molar-refractivity contribution >= 4 is 26.7 Å². The third-order valence-electron chi connectivity index (χ3n) is 3.94. The van der Waals surface area contributed by atoms with Crippen LogP contribution in [0.25, 0.3) is 10.9 Å². The van der Waals surface area contributed by atoms with Gasteiger partial charge in [0.15, 0.2) is 0 Å². The lowest BCUT2D eigenvalue weighted by Gasteiger charge is -2.07. The number of benzene rings is 1. The molecule has 3 aromatic rings. The van der Waals surface area contributed by atoms with Crippen LogP contribution in [0.1, 0.15) is 11.1 Å². The summed E-state index contributed by atoms with van der Waals surface area (Å²) in [6.45, 7) is 2.79. The lowest BCUT2D eigenvalue weighted by Crippen LogP contribution is -2.18. The van der Waals surface area contributed by atoms with Crippen molar-refractivity contribution in [2.45, 2.75) is 18.2 Å². The van der Waals surface area contributed by atoms with Crippen molar-refractivity contribution in [2.24, 2.45) is 0 Å². The van der Waals surface area contributed by atoms with Crippen LogP contribution in [0.4, 0.5) is 5.82 Å². The van der Waals surface area contributed by atoms with E-state index in [1.807, 2.05) is 6.20 Å². The summed E-state index contributed by atoms with van der Waals surface area (Å²) < 4.78 is 25.6. The first kappa shape index (κ1) is 16.5. The summed E-state index contributed by atoms with van der Waals surface area (Å²) >= 11 is 0. The normalized spacial score (nSPS) is 11.8. The smallest absolute Gasteiger partial charge is 0.241 e. The molecule has 7 heteroatoms. The molecule has 0 aliphatic carbocycles. The zero-order chi connectivity index (χ0) is 17.2. The van der Waals surface area contributed by atoms with E-state index in [9.17, 15) is 8.42 Å². The molecule has 0 aliphatic heterocycles. The molecule has 2 aromatic heterocycles. The van der Waals surface area contributed by atoms with Crippen molar-refractivity contribution in [1.82, 2.24) is 14.7 Å². The first-order valence-electron chi connectivity index (χ1n) is 7.70. The van der Waals surface area contributed by atoms with E-state index in [0.717, 1.165) is 11.9 Å². The maximum atomic E-state index is 11.7. The molecule has 0 bridgehead atoms. The number of fused-ring (bicyclic) bond motifs is 1. The fourth-order valence-corrected chi connectivity index (χ4v) is 3.27. The van der Waals surface area contributed by atoms with E-state index >= 15 is 0 Å². The molecule has 2 heterocycles. The molecule has 6 nitrogen and oxygen atoms in total. The molecule has 0 atom stereocenters. The van der Waals surface area contributed by atoms with Gasteiger partial charge in [-0.15, -0.1) is 0 Å². The van der Waals surface area contributed by atoms with Gasteiger partial charge in [0.2, 0.25) is 10.0 Å². The summed E-state index contributed by atoms with van der Waals surface area (Å²) in [6, 6.07) is 9.58. The average molecular weight is 344 g/mol. The third kappa shape index (κ3) is 3.42. The minimum Gasteiger partial charge on any atom is -0.370 e. The Labute approximate surface area is 141 Å². The number of nitrogens with zero attached hydrogens (tertiary/aromatic N) is 1. The Bertz CT molecular complexity index is 946. The SMILES string of the molecule is CNS(=O)(=O)c1ccc(NCCc2c[nH]c3cc(C)ccc23)nc1. The van der Waals surface area contributed by atoms with Crippen LogP contribution in [0.5, 0.6) is 0 Å². The molecule has 126 valence electrons. The fourth-order valence-electron chi connectivity index (χ4n) is 2.59. The number of hydrogen-bond donors (Lipinski definition) is 3. The van der Waals surface area contributed by atoms with Crippen LogP contribution in [0, 0.1) is 6.92 Å². The lowest BCUT2D eigenvalue weighted by molar-refractivity contribution is 0.588. The van der Waals surface area contributed by atoms with Gasteiger partial charge in [0, 0.05) is 29.8 Å². The Morgan fingerprint density at radius 3 is 2.75 bits per heavy atom. The lowest BCUT2D eigenvalue weighted by atomic mass is 10.1. The van der Waals surface area contributed by atoms with Gasteiger partial charge >= 0.3 is 0 Å². The predicted octanol–water partition coefficient (Wildman–Crippen LogP) is 2.43. The summed E-state index contributed by atoms with van der Waals surface area (Å²) in [5.41, 5.74) is 3.62. The molecule has 0 saturated heterocycles. The second-order valence-corrected chi connectivity index (χ2v) is 7.51. The highest BCUT2D eigenvalue weighted by molar-refractivity contribution is 7.89. The number of aromatic nitrogens is 2. The van der Waals surface area contributed by atoms with Crippen LogP contribution in [0.2, 0.25) is 0 Å². The maximum Gasteiger partial charge on any atom is 0.241 e. The summed E-state index contributed by atoms with van der Waals surface area (Å²) in [5.74, 6) is 0.653. The van der Waals surface area contributed by atoms with E-state index in [1.54, 1.807) is 6.07 Å². The van der Waals surface area contributed by atoms with Crippen LogP contribution in [0.3, 0.4) is 0 Å². The number of hydrogen-bond acceptors (Lipinski definition) is 4. The van der Waals surface area contributed by atoms with E-state index in [2.05, 4.69) is 45.1 Å². The number of aryl methyl sites for hydroxylation is 1. The van der Waals surface area contributed by atoms with Gasteiger partial charge in [-0.2, -0.15) is 0 Å². The van der Waals surface area contributed by atoms with Gasteiger partial charge in [-0.3, -0.25) is 0 Å². The van der Waals surface area contributed by atoms with Crippen LogP contribution in [0.15, 0.2) is 47.6 Å². The standard InChI is InChI=1S/C17H20N4O2S/c1-12-3-5-15-13(10-20-16(15)9-12)7-8-19-17-6-4-14(11-21-17)24(22,23)18-2/h3-6,9-11,18,20H,7-8H2,1-2H3,(H,19,21). The number of sulfonamides is 1. The van der Waals surface area contributed by atoms with E-state index < -0.39 is 10.0 Å². The Balaban J connectivity index is 1.64. The van der Waals surface area contributed by atoms with Crippen molar-refractivity contribution in [3.8, 4) is 0 Å². The molecule has 0 unspecified atom stereocenters. The molecule has 0 amide bonds. The molecule has 0 aliphatic rings. The molecule has 0 saturated carbocycles. The monoisotopic (exact) mass is 344 g/mol. The quantitative estimate of drug-likeness (QED) is 0.641. The number of pyridine rings is 1. The largest absolute Gasteiger partial charge is 0.370 e. The molecule has 24 heavy (non-hydrogen) atoms. The van der Waals surface area contributed by atoms with Gasteiger partial charge in [-0.05, 0) is 49.7 Å². The maximum absolute atomic E-state index is 11.7. The average Bonchev–Trinajstić information content (AvgIpc) is 2.97. The van der Waals surface area contributed by atoms with Crippen LogP contribution >= 0.6 is 0 Å². The van der Waals surface area contributed by atoms with E-state index in [-0.39, 0.29) is 4.90 Å². The molecule has 0 fully saturated rings. The zero-order valence-electron chi connectivity index (χ0n) is 13.6. The summed E-state index contributed by atoms with van der Waals surface area (Å²) in [4.78, 5) is 7.59. The molecule has 3 rings (SSSR count). The van der Waals surface area contributed by atoms with Crippen molar-refractivity contribution in [1.29, 1.82) is 0 Å². The minimum absolute atomic E-state index is 0.155. The second-order valence-electron chi connectivity index (χ2n) is 5.63. The van der Waals surface area contributed by atoms with E-state index in [1.165, 1.54) is 35.8 Å². The van der Waals surface area contributed by atoms with Crippen molar-refractivity contribution in [2.75, 3.05) is 18.9 Å². The second kappa shape index (κ2) is 6.62. The molecule has 3 N–H and O–H groups in total. The molecule has 1 aromatic carbocycles. The van der Waals surface area contributed by atoms with Crippen LogP contribution in [-0.2, 0) is 16.4 Å². The number of H-pyrrole nitrogens is 1. The van der Waals surface area contributed by atoms with Crippen molar-refractivity contribution in [3.05, 3.63) is 53.9 Å². The first-order chi connectivity index (χ1) is 11.5. The van der Waals surface area contributed by atoms with Gasteiger partial charge in [0.25, 0.3) is 0 Å². The zero-order valence-corrected chi connectivity index (χ0v) is 14.4. The van der Waals surface area contributed by atoms with Gasteiger partial charge < -0.3 is 10.3 Å². The molecule has 0 spiro atoms. The van der Waals surface area contributed by atoms with Crippen molar-refractivity contribution < 1.29 is 8.42 Å². The third-order valence-corrected chi connectivity index (χ3v) is 5.34. The summed E-state index contributed by atoms with van der Waals surface area (Å²) in [5, 5.41) is 4.44. The number of rotatable bonds is 6. The van der Waals surface area contributed by atoms with Gasteiger partial charge in [-0.25, -0.2) is 18.1 Å². The van der Waals surface area contributed by atoms with E-state index in [4.69, 9.17) is 0 Å². The number of nitrogens with one attached hydrogen (secondary N) is 3. The minimum atomic E-state index is -3.44. The number of anilines is 1. The van der Waals surface area contributed by atoms with Crippen molar-refractivity contribution in [3.63, 3.8) is 0 Å². The molecule has 0 radical (unpaired) electrons.